The Morgan fingerprint density at radius 3 is 2.43 bits per heavy atom. The molecule has 7 nitrogen and oxygen atoms in total. The molecule has 0 aliphatic heterocycles. The summed E-state index contributed by atoms with van der Waals surface area (Å²) in [5.74, 6) is -1.74. The maximum atomic E-state index is 12.6. The van der Waals surface area contributed by atoms with Crippen molar-refractivity contribution in [3.63, 3.8) is 0 Å². The van der Waals surface area contributed by atoms with Crippen molar-refractivity contribution in [3.8, 4) is 0 Å². The van der Waals surface area contributed by atoms with E-state index < -0.39 is 37.2 Å². The summed E-state index contributed by atoms with van der Waals surface area (Å²) in [6.07, 6.45) is 0.431. The van der Waals surface area contributed by atoms with Gasteiger partial charge in [-0.1, -0.05) is 19.3 Å². The van der Waals surface area contributed by atoms with Crippen molar-refractivity contribution in [3.05, 3.63) is 23.0 Å². The number of rotatable bonds is 5. The molecular weight excluding hydrogens is 379 g/mol. The fraction of sp³-hybridized carbons (Fsp3) is 0.611. The number of ether oxygens (including phenoxy) is 1. The van der Waals surface area contributed by atoms with Crippen molar-refractivity contribution in [1.29, 1.82) is 0 Å². The first-order chi connectivity index (χ1) is 13.1. The molecule has 10 heteroatoms. The molecule has 1 aromatic rings. The number of alkyl halides is 3. The zero-order valence-corrected chi connectivity index (χ0v) is 15.8. The van der Waals surface area contributed by atoms with Crippen molar-refractivity contribution in [1.82, 2.24) is 15.2 Å². The minimum atomic E-state index is -4.43. The highest BCUT2D eigenvalue weighted by Crippen LogP contribution is 2.23. The van der Waals surface area contributed by atoms with Gasteiger partial charge < -0.3 is 14.6 Å². The Bertz CT molecular complexity index is 737. The molecule has 0 unspecified atom stereocenters. The second-order valence-corrected chi connectivity index (χ2v) is 6.92. The quantitative estimate of drug-likeness (QED) is 0.740. The molecule has 0 radical (unpaired) electrons. The van der Waals surface area contributed by atoms with Gasteiger partial charge in [-0.05, 0) is 32.8 Å². The van der Waals surface area contributed by atoms with Crippen LogP contribution >= 0.6 is 0 Å². The first-order valence-corrected chi connectivity index (χ1v) is 9.08. The predicted octanol–water partition coefficient (Wildman–Crippen LogP) is 2.98. The van der Waals surface area contributed by atoms with Crippen LogP contribution in [0.2, 0.25) is 0 Å². The fourth-order valence-electron chi connectivity index (χ4n) is 3.27. The number of hydrogen-bond acceptors (Lipinski definition) is 4. The van der Waals surface area contributed by atoms with Crippen LogP contribution in [0.1, 0.15) is 53.8 Å². The molecule has 0 saturated heterocycles. The number of aryl methyl sites for hydroxylation is 1. The van der Waals surface area contributed by atoms with Gasteiger partial charge in [-0.15, -0.1) is 0 Å². The molecule has 0 aromatic carbocycles. The lowest BCUT2D eigenvalue weighted by molar-refractivity contribution is -0.141. The number of nitrogens with one attached hydrogen (secondary N) is 2. The molecule has 0 bridgehead atoms. The molecule has 28 heavy (non-hydrogen) atoms. The summed E-state index contributed by atoms with van der Waals surface area (Å²) in [6.45, 7) is 0.879. The summed E-state index contributed by atoms with van der Waals surface area (Å²) in [5.41, 5.74) is 0.287. The van der Waals surface area contributed by atoms with Crippen LogP contribution in [0.4, 0.5) is 18.0 Å². The SMILES string of the molecule is Cc1cc(C(=O)OCC(=O)NC(=O)NC2CCCCC2)c(C)n1CC(F)(F)F. The summed E-state index contributed by atoms with van der Waals surface area (Å²) >= 11 is 0. The Hall–Kier alpha value is -2.52. The maximum absolute atomic E-state index is 12.6. The van der Waals surface area contributed by atoms with Crippen molar-refractivity contribution in [2.75, 3.05) is 6.61 Å². The largest absolute Gasteiger partial charge is 0.452 e. The van der Waals surface area contributed by atoms with E-state index in [1.807, 2.05) is 0 Å². The lowest BCUT2D eigenvalue weighted by Crippen LogP contribution is -2.46. The highest BCUT2D eigenvalue weighted by Gasteiger charge is 2.30. The molecule has 2 N–H and O–H groups in total. The normalized spacial score (nSPS) is 15.2. The average Bonchev–Trinajstić information content (AvgIpc) is 2.87. The Balaban J connectivity index is 1.85. The lowest BCUT2D eigenvalue weighted by atomic mass is 9.96. The summed E-state index contributed by atoms with van der Waals surface area (Å²) in [4.78, 5) is 35.7. The van der Waals surface area contributed by atoms with E-state index in [2.05, 4.69) is 10.6 Å². The van der Waals surface area contributed by atoms with Gasteiger partial charge in [-0.25, -0.2) is 9.59 Å². The number of amides is 3. The number of esters is 1. The molecule has 156 valence electrons. The zero-order chi connectivity index (χ0) is 20.9. The lowest BCUT2D eigenvalue weighted by Gasteiger charge is -2.22. The number of nitrogens with zero attached hydrogens (tertiary/aromatic N) is 1. The molecule has 1 fully saturated rings. The van der Waals surface area contributed by atoms with Crippen LogP contribution in [0.3, 0.4) is 0 Å². The van der Waals surface area contributed by atoms with Crippen LogP contribution in [-0.4, -0.2) is 41.3 Å². The third-order valence-electron chi connectivity index (χ3n) is 4.66. The highest BCUT2D eigenvalue weighted by molar-refractivity contribution is 5.97. The second kappa shape index (κ2) is 9.11. The fourth-order valence-corrected chi connectivity index (χ4v) is 3.27. The molecule has 1 aromatic heterocycles. The first kappa shape index (κ1) is 21.8. The molecule has 2 rings (SSSR count). The van der Waals surface area contributed by atoms with Crippen molar-refractivity contribution in [2.45, 2.75) is 64.7 Å². The zero-order valence-electron chi connectivity index (χ0n) is 15.8. The number of carbonyl (C=O) groups excluding carboxylic acids is 3. The van der Waals surface area contributed by atoms with Gasteiger partial charge in [0.2, 0.25) is 0 Å². The van der Waals surface area contributed by atoms with E-state index in [4.69, 9.17) is 4.74 Å². The van der Waals surface area contributed by atoms with Crippen molar-refractivity contribution < 1.29 is 32.3 Å². The van der Waals surface area contributed by atoms with Gasteiger partial charge in [0.05, 0.1) is 5.56 Å². The molecule has 1 heterocycles. The van der Waals surface area contributed by atoms with Crippen LogP contribution < -0.4 is 10.6 Å². The first-order valence-electron chi connectivity index (χ1n) is 9.08. The molecular formula is C18H24F3N3O4. The van der Waals surface area contributed by atoms with Gasteiger partial charge in [-0.2, -0.15) is 13.2 Å². The molecule has 1 aliphatic carbocycles. The van der Waals surface area contributed by atoms with Gasteiger partial charge in [0.25, 0.3) is 5.91 Å². The van der Waals surface area contributed by atoms with Crippen LogP contribution in [0.5, 0.6) is 0 Å². The second-order valence-electron chi connectivity index (χ2n) is 6.92. The molecule has 1 aliphatic rings. The van der Waals surface area contributed by atoms with Crippen LogP contribution in [0.25, 0.3) is 0 Å². The van der Waals surface area contributed by atoms with Crippen molar-refractivity contribution in [2.24, 2.45) is 0 Å². The van der Waals surface area contributed by atoms with E-state index in [0.717, 1.165) is 36.7 Å². The molecule has 1 saturated carbocycles. The van der Waals surface area contributed by atoms with Gasteiger partial charge in [0.15, 0.2) is 6.61 Å². The summed E-state index contributed by atoms with van der Waals surface area (Å²) in [5, 5.41) is 4.77. The number of aromatic nitrogens is 1. The monoisotopic (exact) mass is 403 g/mol. The van der Waals surface area contributed by atoms with E-state index >= 15 is 0 Å². The third kappa shape index (κ3) is 6.28. The smallest absolute Gasteiger partial charge is 0.406 e. The van der Waals surface area contributed by atoms with E-state index in [-0.39, 0.29) is 23.0 Å². The number of urea groups is 1. The van der Waals surface area contributed by atoms with Gasteiger partial charge in [0.1, 0.15) is 6.54 Å². The number of halogens is 3. The van der Waals surface area contributed by atoms with Crippen LogP contribution in [-0.2, 0) is 16.1 Å². The number of imide groups is 1. The van der Waals surface area contributed by atoms with Gasteiger partial charge in [0, 0.05) is 17.4 Å². The average molecular weight is 403 g/mol. The maximum Gasteiger partial charge on any atom is 0.406 e. The van der Waals surface area contributed by atoms with Crippen LogP contribution in [0.15, 0.2) is 6.07 Å². The highest BCUT2D eigenvalue weighted by atomic mass is 19.4. The Labute approximate surface area is 160 Å². The van der Waals surface area contributed by atoms with Crippen LogP contribution in [0, 0.1) is 13.8 Å². The molecule has 0 atom stereocenters. The van der Waals surface area contributed by atoms with E-state index in [1.165, 1.54) is 19.9 Å². The van der Waals surface area contributed by atoms with E-state index in [9.17, 15) is 27.6 Å². The number of hydrogen-bond donors (Lipinski definition) is 2. The third-order valence-corrected chi connectivity index (χ3v) is 4.66. The summed E-state index contributed by atoms with van der Waals surface area (Å²) in [6, 6.07) is 0.635. The summed E-state index contributed by atoms with van der Waals surface area (Å²) < 4.78 is 43.7. The Morgan fingerprint density at radius 1 is 1.18 bits per heavy atom. The minimum absolute atomic E-state index is 0.0168. The molecule has 0 spiro atoms. The Kier molecular flexibility index (Phi) is 7.09. The molecule has 3 amide bonds. The van der Waals surface area contributed by atoms with Gasteiger partial charge in [-0.3, -0.25) is 10.1 Å². The van der Waals surface area contributed by atoms with E-state index in [1.54, 1.807) is 0 Å². The summed E-state index contributed by atoms with van der Waals surface area (Å²) in [7, 11) is 0. The number of carbonyl (C=O) groups is 3. The Morgan fingerprint density at radius 2 is 1.82 bits per heavy atom. The van der Waals surface area contributed by atoms with E-state index in [0.29, 0.717) is 0 Å². The standard InChI is InChI=1S/C18H24F3N3O4/c1-11-8-14(12(2)24(11)10-18(19,20)21)16(26)28-9-15(25)23-17(27)22-13-6-4-3-5-7-13/h8,13H,3-7,9-10H2,1-2H3,(H2,22,23,25,27). The predicted molar refractivity (Wildman–Crippen MR) is 93.8 cm³/mol. The topological polar surface area (TPSA) is 89.4 Å². The van der Waals surface area contributed by atoms with Crippen molar-refractivity contribution >= 4 is 17.9 Å². The van der Waals surface area contributed by atoms with Gasteiger partial charge >= 0.3 is 18.2 Å². The minimum Gasteiger partial charge on any atom is -0.452 e.